The van der Waals surface area contributed by atoms with Crippen LogP contribution in [-0.4, -0.2) is 16.6 Å². The second kappa shape index (κ2) is 7.48. The highest BCUT2D eigenvalue weighted by molar-refractivity contribution is 8.00. The Kier molecular flexibility index (Phi) is 5.63. The molecule has 2 aromatic carbocycles. The number of halogens is 1. The van der Waals surface area contributed by atoms with Crippen molar-refractivity contribution in [1.82, 2.24) is 0 Å². The normalized spacial score (nSPS) is 10.4. The van der Waals surface area contributed by atoms with E-state index in [1.807, 2.05) is 32.0 Å². The van der Waals surface area contributed by atoms with Crippen LogP contribution in [0.15, 0.2) is 41.3 Å². The van der Waals surface area contributed by atoms with Crippen LogP contribution in [-0.2, 0) is 4.79 Å². The number of hydrogen-bond donors (Lipinski definition) is 1. The van der Waals surface area contributed by atoms with Crippen LogP contribution >= 0.6 is 23.4 Å². The summed E-state index contributed by atoms with van der Waals surface area (Å²) in [6, 6.07) is 9.93. The molecule has 23 heavy (non-hydrogen) atoms. The summed E-state index contributed by atoms with van der Waals surface area (Å²) in [6.07, 6.45) is 0. The average Bonchev–Trinajstić information content (AvgIpc) is 2.50. The van der Waals surface area contributed by atoms with Gasteiger partial charge in [-0.2, -0.15) is 0 Å². The van der Waals surface area contributed by atoms with Gasteiger partial charge in [-0.3, -0.25) is 14.9 Å². The summed E-state index contributed by atoms with van der Waals surface area (Å²) in [5.74, 6) is -0.0720. The minimum Gasteiger partial charge on any atom is -0.324 e. The highest BCUT2D eigenvalue weighted by Gasteiger charge is 2.12. The molecule has 0 bridgehead atoms. The molecule has 0 saturated carbocycles. The molecule has 0 spiro atoms. The third-order valence-corrected chi connectivity index (χ3v) is 4.61. The molecule has 0 radical (unpaired) electrons. The van der Waals surface area contributed by atoms with Crippen LogP contribution in [0.4, 0.5) is 11.4 Å². The predicted molar refractivity (Wildman–Crippen MR) is 93.4 cm³/mol. The number of benzene rings is 2. The number of amides is 1. The van der Waals surface area contributed by atoms with E-state index in [1.54, 1.807) is 0 Å². The van der Waals surface area contributed by atoms with Crippen molar-refractivity contribution in [2.24, 2.45) is 0 Å². The highest BCUT2D eigenvalue weighted by atomic mass is 35.5. The number of non-ortho nitro benzene ring substituents is 1. The smallest absolute Gasteiger partial charge is 0.271 e. The molecule has 2 rings (SSSR count). The Balaban J connectivity index is 2.00. The topological polar surface area (TPSA) is 72.2 Å². The number of thioether (sulfide) groups is 1. The van der Waals surface area contributed by atoms with Crippen molar-refractivity contribution in [2.45, 2.75) is 18.7 Å². The number of carbonyl (C=O) groups excluding carboxylic acids is 1. The molecule has 0 aliphatic rings. The molecule has 120 valence electrons. The second-order valence-electron chi connectivity index (χ2n) is 5.00. The lowest BCUT2D eigenvalue weighted by atomic mass is 10.1. The molecule has 7 heteroatoms. The van der Waals surface area contributed by atoms with Gasteiger partial charge in [0, 0.05) is 17.0 Å². The number of rotatable bonds is 5. The molecule has 5 nitrogen and oxygen atoms in total. The average molecular weight is 351 g/mol. The number of anilines is 1. The van der Waals surface area contributed by atoms with Gasteiger partial charge in [-0.05, 0) is 43.2 Å². The minimum atomic E-state index is -0.532. The van der Waals surface area contributed by atoms with Crippen molar-refractivity contribution in [3.63, 3.8) is 0 Å². The summed E-state index contributed by atoms with van der Waals surface area (Å²) < 4.78 is 0. The van der Waals surface area contributed by atoms with Gasteiger partial charge in [-0.25, -0.2) is 0 Å². The van der Waals surface area contributed by atoms with E-state index in [4.69, 9.17) is 11.6 Å². The summed E-state index contributed by atoms with van der Waals surface area (Å²) in [5.41, 5.74) is 2.48. The molecule has 1 amide bonds. The quantitative estimate of drug-likeness (QED) is 0.486. The van der Waals surface area contributed by atoms with Gasteiger partial charge in [0.15, 0.2) is 0 Å². The Labute approximate surface area is 143 Å². The largest absolute Gasteiger partial charge is 0.324 e. The van der Waals surface area contributed by atoms with Crippen molar-refractivity contribution in [3.05, 3.63) is 62.7 Å². The van der Waals surface area contributed by atoms with E-state index in [1.165, 1.54) is 35.5 Å². The van der Waals surface area contributed by atoms with Crippen molar-refractivity contribution in [2.75, 3.05) is 11.1 Å². The molecule has 0 aliphatic carbocycles. The van der Waals surface area contributed by atoms with Crippen molar-refractivity contribution < 1.29 is 9.72 Å². The van der Waals surface area contributed by atoms with Gasteiger partial charge >= 0.3 is 0 Å². The Hall–Kier alpha value is -2.05. The lowest BCUT2D eigenvalue weighted by Crippen LogP contribution is -2.14. The first kappa shape index (κ1) is 17.3. The lowest BCUT2D eigenvalue weighted by molar-refractivity contribution is -0.384. The van der Waals surface area contributed by atoms with Crippen LogP contribution < -0.4 is 5.32 Å². The van der Waals surface area contributed by atoms with Gasteiger partial charge in [0.2, 0.25) is 5.91 Å². The van der Waals surface area contributed by atoms with E-state index >= 15 is 0 Å². The van der Waals surface area contributed by atoms with Gasteiger partial charge in [0.1, 0.15) is 0 Å². The Morgan fingerprint density at radius 3 is 2.61 bits per heavy atom. The van der Waals surface area contributed by atoms with E-state index in [0.717, 1.165) is 10.5 Å². The molecule has 0 atom stereocenters. The van der Waals surface area contributed by atoms with Crippen molar-refractivity contribution >= 4 is 40.6 Å². The Morgan fingerprint density at radius 1 is 1.22 bits per heavy atom. The first-order chi connectivity index (χ1) is 10.9. The van der Waals surface area contributed by atoms with E-state index in [-0.39, 0.29) is 28.1 Å². The van der Waals surface area contributed by atoms with Gasteiger partial charge in [0.05, 0.1) is 21.4 Å². The maximum absolute atomic E-state index is 12.0. The number of aryl methyl sites for hydroxylation is 2. The summed E-state index contributed by atoms with van der Waals surface area (Å²) >= 11 is 7.35. The number of nitrogens with one attached hydrogen (secondary N) is 1. The molecule has 0 heterocycles. The molecule has 1 N–H and O–H groups in total. The zero-order valence-corrected chi connectivity index (χ0v) is 14.2. The molecule has 0 unspecified atom stereocenters. The highest BCUT2D eigenvalue weighted by Crippen LogP contribution is 2.27. The second-order valence-corrected chi connectivity index (χ2v) is 6.46. The van der Waals surface area contributed by atoms with Crippen LogP contribution in [0.2, 0.25) is 5.02 Å². The molecule has 0 saturated heterocycles. The summed E-state index contributed by atoms with van der Waals surface area (Å²) in [4.78, 5) is 23.2. The minimum absolute atomic E-state index is 0.119. The van der Waals surface area contributed by atoms with Crippen LogP contribution in [0.5, 0.6) is 0 Å². The number of hydrogen-bond acceptors (Lipinski definition) is 4. The van der Waals surface area contributed by atoms with E-state index in [9.17, 15) is 14.9 Å². The Bertz CT molecular complexity index is 765. The van der Waals surface area contributed by atoms with E-state index in [2.05, 4.69) is 5.32 Å². The fourth-order valence-electron chi connectivity index (χ4n) is 1.86. The molecule has 2 aromatic rings. The van der Waals surface area contributed by atoms with Crippen molar-refractivity contribution in [1.29, 1.82) is 0 Å². The summed E-state index contributed by atoms with van der Waals surface area (Å²) in [6.45, 7) is 4.04. The summed E-state index contributed by atoms with van der Waals surface area (Å²) in [7, 11) is 0. The van der Waals surface area contributed by atoms with E-state index in [0.29, 0.717) is 0 Å². The first-order valence-corrected chi connectivity index (χ1v) is 8.17. The summed E-state index contributed by atoms with van der Waals surface area (Å²) in [5, 5.41) is 13.6. The fourth-order valence-corrected chi connectivity index (χ4v) is 2.82. The number of carbonyl (C=O) groups is 1. The SMILES string of the molecule is Cc1ccc(SCC(=O)Nc2cc([N+](=O)[O-])ccc2Cl)cc1C. The molecular formula is C16H15ClN2O3S. The van der Waals surface area contributed by atoms with Crippen LogP contribution in [0.3, 0.4) is 0 Å². The maximum Gasteiger partial charge on any atom is 0.271 e. The maximum atomic E-state index is 12.0. The van der Waals surface area contributed by atoms with E-state index < -0.39 is 4.92 Å². The molecule has 0 aromatic heterocycles. The zero-order valence-electron chi connectivity index (χ0n) is 12.6. The zero-order chi connectivity index (χ0) is 17.0. The number of nitro benzene ring substituents is 1. The number of nitro groups is 1. The standard InChI is InChI=1S/C16H15ClN2O3S/c1-10-3-5-13(7-11(10)2)23-9-16(20)18-15-8-12(19(21)22)4-6-14(15)17/h3-8H,9H2,1-2H3,(H,18,20). The van der Waals surface area contributed by atoms with Gasteiger partial charge in [0.25, 0.3) is 5.69 Å². The van der Waals surface area contributed by atoms with Gasteiger partial charge < -0.3 is 5.32 Å². The number of nitrogens with zero attached hydrogens (tertiary/aromatic N) is 1. The third-order valence-electron chi connectivity index (χ3n) is 3.28. The van der Waals surface area contributed by atoms with Crippen LogP contribution in [0.25, 0.3) is 0 Å². The Morgan fingerprint density at radius 2 is 1.96 bits per heavy atom. The van der Waals surface area contributed by atoms with Crippen LogP contribution in [0.1, 0.15) is 11.1 Å². The third kappa shape index (κ3) is 4.71. The lowest BCUT2D eigenvalue weighted by Gasteiger charge is -2.08. The predicted octanol–water partition coefficient (Wildman–Crippen LogP) is 4.60. The van der Waals surface area contributed by atoms with Gasteiger partial charge in [-0.1, -0.05) is 17.7 Å². The molecular weight excluding hydrogens is 336 g/mol. The monoisotopic (exact) mass is 350 g/mol. The van der Waals surface area contributed by atoms with Crippen LogP contribution in [0, 0.1) is 24.0 Å². The van der Waals surface area contributed by atoms with Gasteiger partial charge in [-0.15, -0.1) is 11.8 Å². The fraction of sp³-hybridized carbons (Fsp3) is 0.188. The first-order valence-electron chi connectivity index (χ1n) is 6.80. The molecule has 0 aliphatic heterocycles. The molecule has 0 fully saturated rings. The van der Waals surface area contributed by atoms with Crippen molar-refractivity contribution in [3.8, 4) is 0 Å².